The van der Waals surface area contributed by atoms with E-state index >= 15 is 0 Å². The molecule has 14 heavy (non-hydrogen) atoms. The second-order valence-electron chi connectivity index (χ2n) is 4.18. The molecule has 0 spiro atoms. The zero-order valence-corrected chi connectivity index (χ0v) is 9.67. The summed E-state index contributed by atoms with van der Waals surface area (Å²) in [5, 5.41) is 0. The van der Waals surface area contributed by atoms with Crippen LogP contribution in [0.15, 0.2) is 12.2 Å². The Morgan fingerprint density at radius 3 is 2.57 bits per heavy atom. The predicted molar refractivity (Wildman–Crippen MR) is 61.5 cm³/mol. The molecule has 0 aliphatic carbocycles. The third kappa shape index (κ3) is 4.80. The molecule has 0 saturated carbocycles. The van der Waals surface area contributed by atoms with Gasteiger partial charge in [0.15, 0.2) is 0 Å². The minimum atomic E-state index is 0.459. The van der Waals surface area contributed by atoms with Crippen LogP contribution >= 0.6 is 0 Å². The molecule has 1 fully saturated rings. The maximum atomic E-state index is 5.54. The molecular formula is C13H24O. The fourth-order valence-corrected chi connectivity index (χ4v) is 1.78. The molecule has 0 amide bonds. The lowest BCUT2D eigenvalue weighted by Gasteiger charge is -1.96. The van der Waals surface area contributed by atoms with E-state index in [1.807, 2.05) is 0 Å². The average Bonchev–Trinajstić information content (AvgIpc) is 2.93. The number of rotatable bonds is 8. The second kappa shape index (κ2) is 7.05. The summed E-state index contributed by atoms with van der Waals surface area (Å²) in [5.74, 6) is 0. The van der Waals surface area contributed by atoms with Crippen LogP contribution in [0.2, 0.25) is 0 Å². The summed E-state index contributed by atoms with van der Waals surface area (Å²) in [5.41, 5.74) is 0. The van der Waals surface area contributed by atoms with Gasteiger partial charge in [0.2, 0.25) is 0 Å². The van der Waals surface area contributed by atoms with Crippen molar-refractivity contribution in [2.45, 2.75) is 71.0 Å². The van der Waals surface area contributed by atoms with Crippen molar-refractivity contribution in [3.8, 4) is 0 Å². The maximum Gasteiger partial charge on any atom is 0.102 e. The Labute approximate surface area is 88.5 Å². The monoisotopic (exact) mass is 196 g/mol. The summed E-state index contributed by atoms with van der Waals surface area (Å²) in [4.78, 5) is 0. The molecule has 1 heteroatoms. The molecule has 1 nitrogen and oxygen atoms in total. The molecular weight excluding hydrogens is 172 g/mol. The molecule has 0 aromatic rings. The van der Waals surface area contributed by atoms with Gasteiger partial charge in [0.25, 0.3) is 0 Å². The van der Waals surface area contributed by atoms with Gasteiger partial charge in [-0.15, -0.1) is 0 Å². The van der Waals surface area contributed by atoms with Gasteiger partial charge in [0.05, 0.1) is 6.10 Å². The largest absolute Gasteiger partial charge is 0.365 e. The highest BCUT2D eigenvalue weighted by Gasteiger charge is 2.35. The van der Waals surface area contributed by atoms with Crippen molar-refractivity contribution >= 4 is 0 Å². The third-order valence-electron chi connectivity index (χ3n) is 2.78. The fourth-order valence-electron chi connectivity index (χ4n) is 1.78. The highest BCUT2D eigenvalue weighted by atomic mass is 16.6. The first-order valence-corrected chi connectivity index (χ1v) is 6.20. The third-order valence-corrected chi connectivity index (χ3v) is 2.78. The van der Waals surface area contributed by atoms with E-state index in [1.165, 1.54) is 38.5 Å². The maximum absolute atomic E-state index is 5.54. The van der Waals surface area contributed by atoms with Gasteiger partial charge in [-0.05, 0) is 12.8 Å². The average molecular weight is 196 g/mol. The zero-order valence-electron chi connectivity index (χ0n) is 9.67. The minimum absolute atomic E-state index is 0.459. The number of allylic oxidation sites excluding steroid dienone is 1. The van der Waals surface area contributed by atoms with Crippen molar-refractivity contribution in [2.24, 2.45) is 0 Å². The Kier molecular flexibility index (Phi) is 5.93. The molecule has 1 saturated heterocycles. The normalized spacial score (nSPS) is 25.9. The smallest absolute Gasteiger partial charge is 0.102 e. The standard InChI is InChI=1S/C13H24O/c1-3-5-7-8-9-11-13-12(14-13)10-6-4-2/h6,10,12-13H,3-5,7-9,11H2,1-2H3/b10-6-/t12-,13-/m0/s1. The van der Waals surface area contributed by atoms with E-state index in [4.69, 9.17) is 4.74 Å². The molecule has 1 aliphatic heterocycles. The second-order valence-corrected chi connectivity index (χ2v) is 4.18. The molecule has 1 heterocycles. The van der Waals surface area contributed by atoms with Crippen LogP contribution < -0.4 is 0 Å². The van der Waals surface area contributed by atoms with Crippen molar-refractivity contribution in [1.82, 2.24) is 0 Å². The van der Waals surface area contributed by atoms with Crippen molar-refractivity contribution < 1.29 is 4.74 Å². The Hall–Kier alpha value is -0.300. The lowest BCUT2D eigenvalue weighted by molar-refractivity contribution is 0.372. The molecule has 0 aromatic carbocycles. The Bertz CT molecular complexity index is 163. The van der Waals surface area contributed by atoms with E-state index < -0.39 is 0 Å². The lowest BCUT2D eigenvalue weighted by atomic mass is 10.1. The van der Waals surface area contributed by atoms with E-state index in [0.29, 0.717) is 12.2 Å². The molecule has 2 atom stereocenters. The minimum Gasteiger partial charge on any atom is -0.365 e. The predicted octanol–water partition coefficient (Wildman–Crippen LogP) is 4.08. The summed E-state index contributed by atoms with van der Waals surface area (Å²) in [6, 6.07) is 0. The number of hydrogen-bond donors (Lipinski definition) is 0. The fraction of sp³-hybridized carbons (Fsp3) is 0.846. The molecule has 0 radical (unpaired) electrons. The van der Waals surface area contributed by atoms with Gasteiger partial charge in [-0.3, -0.25) is 0 Å². The first-order valence-electron chi connectivity index (χ1n) is 6.20. The summed E-state index contributed by atoms with van der Waals surface area (Å²) >= 11 is 0. The van der Waals surface area contributed by atoms with Gasteiger partial charge in [-0.1, -0.05) is 58.1 Å². The van der Waals surface area contributed by atoms with E-state index in [-0.39, 0.29) is 0 Å². The van der Waals surface area contributed by atoms with Crippen molar-refractivity contribution in [2.75, 3.05) is 0 Å². The first kappa shape index (κ1) is 11.8. The van der Waals surface area contributed by atoms with Gasteiger partial charge in [-0.2, -0.15) is 0 Å². The quantitative estimate of drug-likeness (QED) is 0.324. The SMILES string of the molecule is CC/C=C\[C@@H]1O[C@H]1CCCCCCC. The summed E-state index contributed by atoms with van der Waals surface area (Å²) in [6.07, 6.45) is 14.7. The van der Waals surface area contributed by atoms with E-state index in [1.54, 1.807) is 0 Å². The van der Waals surface area contributed by atoms with Crippen molar-refractivity contribution in [3.05, 3.63) is 12.2 Å². The molecule has 1 aliphatic rings. The van der Waals surface area contributed by atoms with Crippen LogP contribution in [-0.2, 0) is 4.74 Å². The van der Waals surface area contributed by atoms with Crippen LogP contribution in [0.5, 0.6) is 0 Å². The van der Waals surface area contributed by atoms with Crippen molar-refractivity contribution in [3.63, 3.8) is 0 Å². The number of epoxide rings is 1. The van der Waals surface area contributed by atoms with Crippen LogP contribution in [0.25, 0.3) is 0 Å². The van der Waals surface area contributed by atoms with Crippen molar-refractivity contribution in [1.29, 1.82) is 0 Å². The molecule has 0 aromatic heterocycles. The van der Waals surface area contributed by atoms with E-state index in [0.717, 1.165) is 6.42 Å². The van der Waals surface area contributed by atoms with Gasteiger partial charge in [-0.25, -0.2) is 0 Å². The molecule has 82 valence electrons. The molecule has 0 N–H and O–H groups in total. The highest BCUT2D eigenvalue weighted by molar-refractivity contribution is 5.01. The Morgan fingerprint density at radius 2 is 1.86 bits per heavy atom. The number of ether oxygens (including phenoxy) is 1. The summed E-state index contributed by atoms with van der Waals surface area (Å²) in [7, 11) is 0. The van der Waals surface area contributed by atoms with E-state index in [9.17, 15) is 0 Å². The van der Waals surface area contributed by atoms with E-state index in [2.05, 4.69) is 26.0 Å². The topological polar surface area (TPSA) is 12.5 Å². The Morgan fingerprint density at radius 1 is 1.07 bits per heavy atom. The van der Waals surface area contributed by atoms with Gasteiger partial charge in [0, 0.05) is 0 Å². The highest BCUT2D eigenvalue weighted by Crippen LogP contribution is 2.28. The zero-order chi connectivity index (χ0) is 10.2. The van der Waals surface area contributed by atoms with Crippen LogP contribution in [0.1, 0.15) is 58.8 Å². The number of unbranched alkanes of at least 4 members (excludes halogenated alkanes) is 4. The van der Waals surface area contributed by atoms with Gasteiger partial charge in [0.1, 0.15) is 6.10 Å². The molecule has 0 unspecified atom stereocenters. The van der Waals surface area contributed by atoms with Gasteiger partial charge < -0.3 is 4.74 Å². The van der Waals surface area contributed by atoms with Crippen LogP contribution in [0.4, 0.5) is 0 Å². The van der Waals surface area contributed by atoms with Gasteiger partial charge >= 0.3 is 0 Å². The first-order chi connectivity index (χ1) is 6.88. The lowest BCUT2D eigenvalue weighted by Crippen LogP contribution is -1.90. The summed E-state index contributed by atoms with van der Waals surface area (Å²) in [6.45, 7) is 4.42. The summed E-state index contributed by atoms with van der Waals surface area (Å²) < 4.78 is 5.54. The van der Waals surface area contributed by atoms with Crippen LogP contribution in [-0.4, -0.2) is 12.2 Å². The van der Waals surface area contributed by atoms with Crippen LogP contribution in [0.3, 0.4) is 0 Å². The molecule has 1 rings (SSSR count). The number of hydrogen-bond acceptors (Lipinski definition) is 1. The molecule has 0 bridgehead atoms. The van der Waals surface area contributed by atoms with Crippen LogP contribution in [0, 0.1) is 0 Å². The Balaban J connectivity index is 1.88.